The van der Waals surface area contributed by atoms with E-state index >= 15 is 0 Å². The van der Waals surface area contributed by atoms with E-state index in [-0.39, 0.29) is 5.75 Å². The minimum absolute atomic E-state index is 0.0670. The van der Waals surface area contributed by atoms with Gasteiger partial charge in [-0.15, -0.1) is 0 Å². The molecule has 1 aromatic heterocycles. The summed E-state index contributed by atoms with van der Waals surface area (Å²) < 4.78 is 35.7. The molecule has 20 heavy (non-hydrogen) atoms. The van der Waals surface area contributed by atoms with E-state index in [2.05, 4.69) is 5.10 Å². The number of hydrogen-bond acceptors (Lipinski definition) is 5. The van der Waals surface area contributed by atoms with Crippen LogP contribution in [0.25, 0.3) is 0 Å². The molecular formula is C12H21BN2O4S. The van der Waals surface area contributed by atoms with Gasteiger partial charge in [0.05, 0.1) is 23.5 Å². The van der Waals surface area contributed by atoms with Gasteiger partial charge in [-0.2, -0.15) is 5.10 Å². The Morgan fingerprint density at radius 1 is 1.25 bits per heavy atom. The molecule has 2 heterocycles. The van der Waals surface area contributed by atoms with E-state index in [1.807, 2.05) is 27.7 Å². The Hall–Kier alpha value is -0.855. The van der Waals surface area contributed by atoms with E-state index < -0.39 is 28.2 Å². The summed E-state index contributed by atoms with van der Waals surface area (Å²) in [6.45, 7) is 8.28. The first-order valence-electron chi connectivity index (χ1n) is 6.56. The van der Waals surface area contributed by atoms with Crippen molar-refractivity contribution in [1.82, 2.24) is 9.78 Å². The van der Waals surface area contributed by atoms with Gasteiger partial charge >= 0.3 is 7.12 Å². The zero-order chi connectivity index (χ0) is 15.2. The zero-order valence-corrected chi connectivity index (χ0v) is 13.4. The van der Waals surface area contributed by atoms with Crippen LogP contribution >= 0.6 is 0 Å². The second-order valence-electron chi connectivity index (χ2n) is 6.25. The summed E-state index contributed by atoms with van der Waals surface area (Å²) in [4.78, 5) is 0. The van der Waals surface area contributed by atoms with E-state index in [0.29, 0.717) is 6.54 Å². The second-order valence-corrected chi connectivity index (χ2v) is 8.51. The van der Waals surface area contributed by atoms with Crippen LogP contribution in [0.5, 0.6) is 0 Å². The number of hydrogen-bond donors (Lipinski definition) is 0. The van der Waals surface area contributed by atoms with E-state index in [1.165, 1.54) is 6.26 Å². The van der Waals surface area contributed by atoms with Gasteiger partial charge in [0.1, 0.15) is 9.84 Å². The number of aromatic nitrogens is 2. The molecule has 1 aliphatic rings. The van der Waals surface area contributed by atoms with E-state index in [0.717, 1.165) is 5.46 Å². The van der Waals surface area contributed by atoms with Crippen molar-refractivity contribution in [1.29, 1.82) is 0 Å². The van der Waals surface area contributed by atoms with E-state index in [9.17, 15) is 8.42 Å². The molecule has 0 N–H and O–H groups in total. The van der Waals surface area contributed by atoms with Crippen LogP contribution in [0.1, 0.15) is 27.7 Å². The molecular weight excluding hydrogens is 279 g/mol. The molecule has 1 aromatic rings. The molecule has 0 saturated carbocycles. The topological polar surface area (TPSA) is 70.4 Å². The van der Waals surface area contributed by atoms with Crippen LogP contribution in [-0.4, -0.2) is 48.5 Å². The molecule has 8 heteroatoms. The minimum atomic E-state index is -2.99. The monoisotopic (exact) mass is 300 g/mol. The smallest absolute Gasteiger partial charge is 0.399 e. The van der Waals surface area contributed by atoms with Crippen molar-refractivity contribution in [2.45, 2.75) is 45.4 Å². The first-order valence-corrected chi connectivity index (χ1v) is 8.62. The van der Waals surface area contributed by atoms with Crippen LogP contribution in [0.3, 0.4) is 0 Å². The summed E-state index contributed by atoms with van der Waals surface area (Å²) in [5.74, 6) is 0.0670. The first-order chi connectivity index (χ1) is 9.00. The highest BCUT2D eigenvalue weighted by Gasteiger charge is 2.52. The van der Waals surface area contributed by atoms with Gasteiger partial charge in [-0.3, -0.25) is 4.68 Å². The van der Waals surface area contributed by atoms with Crippen molar-refractivity contribution in [3.05, 3.63) is 12.4 Å². The van der Waals surface area contributed by atoms with Gasteiger partial charge in [-0.25, -0.2) is 8.42 Å². The molecule has 0 bridgehead atoms. The van der Waals surface area contributed by atoms with Gasteiger partial charge in [0.15, 0.2) is 0 Å². The highest BCUT2D eigenvalue weighted by Crippen LogP contribution is 2.36. The maximum absolute atomic E-state index is 11.1. The van der Waals surface area contributed by atoms with Crippen LogP contribution in [0.15, 0.2) is 12.4 Å². The standard InChI is InChI=1S/C12H21BN2O4S/c1-11(2)12(3,4)19-13(18-11)10-8-14-15(9-10)6-7-20(5,16)17/h8-9H,6-7H2,1-5H3. The summed E-state index contributed by atoms with van der Waals surface area (Å²) in [7, 11) is -3.46. The van der Waals surface area contributed by atoms with Gasteiger partial charge in [0.2, 0.25) is 0 Å². The minimum Gasteiger partial charge on any atom is -0.399 e. The van der Waals surface area contributed by atoms with E-state index in [1.54, 1.807) is 17.1 Å². The fraction of sp³-hybridized carbons (Fsp3) is 0.750. The fourth-order valence-corrected chi connectivity index (χ4v) is 2.38. The van der Waals surface area contributed by atoms with Crippen molar-refractivity contribution >= 4 is 22.4 Å². The molecule has 1 saturated heterocycles. The lowest BCUT2D eigenvalue weighted by molar-refractivity contribution is 0.00578. The zero-order valence-electron chi connectivity index (χ0n) is 12.6. The maximum Gasteiger partial charge on any atom is 0.498 e. The molecule has 0 radical (unpaired) electrons. The number of aryl methyl sites for hydroxylation is 1. The van der Waals surface area contributed by atoms with Crippen LogP contribution in [0, 0.1) is 0 Å². The lowest BCUT2D eigenvalue weighted by Gasteiger charge is -2.32. The molecule has 2 rings (SSSR count). The van der Waals surface area contributed by atoms with Crippen molar-refractivity contribution in [3.8, 4) is 0 Å². The van der Waals surface area contributed by atoms with Crippen LogP contribution in [0.2, 0.25) is 0 Å². The number of sulfone groups is 1. The summed E-state index contributed by atoms with van der Waals surface area (Å²) >= 11 is 0. The average molecular weight is 300 g/mol. The maximum atomic E-state index is 11.1. The Labute approximate surface area is 120 Å². The van der Waals surface area contributed by atoms with Crippen molar-refractivity contribution in [2.75, 3.05) is 12.0 Å². The summed E-state index contributed by atoms with van der Waals surface area (Å²) in [5, 5.41) is 4.15. The molecule has 0 spiro atoms. The normalized spacial score (nSPS) is 21.4. The Morgan fingerprint density at radius 2 is 1.80 bits per heavy atom. The Balaban J connectivity index is 2.07. The Kier molecular flexibility index (Phi) is 3.77. The third kappa shape index (κ3) is 3.24. The van der Waals surface area contributed by atoms with Gasteiger partial charge in [0.25, 0.3) is 0 Å². The first kappa shape index (κ1) is 15.5. The Bertz CT molecular complexity index is 578. The summed E-state index contributed by atoms with van der Waals surface area (Å²) in [6, 6.07) is 0. The molecule has 1 fully saturated rings. The molecule has 112 valence electrons. The molecule has 1 aliphatic heterocycles. The summed E-state index contributed by atoms with van der Waals surface area (Å²) in [5.41, 5.74) is 0.0103. The summed E-state index contributed by atoms with van der Waals surface area (Å²) in [6.07, 6.45) is 4.64. The van der Waals surface area contributed by atoms with Crippen LogP contribution < -0.4 is 5.46 Å². The van der Waals surface area contributed by atoms with Crippen molar-refractivity contribution in [2.24, 2.45) is 0 Å². The molecule has 0 aromatic carbocycles. The number of rotatable bonds is 4. The third-order valence-electron chi connectivity index (χ3n) is 3.87. The highest BCUT2D eigenvalue weighted by molar-refractivity contribution is 7.90. The predicted octanol–water partition coefficient (Wildman–Crippen LogP) is 0.227. The lowest BCUT2D eigenvalue weighted by Crippen LogP contribution is -2.41. The second kappa shape index (κ2) is 4.86. The van der Waals surface area contributed by atoms with Crippen molar-refractivity contribution in [3.63, 3.8) is 0 Å². The van der Waals surface area contributed by atoms with Gasteiger partial charge in [0, 0.05) is 24.1 Å². The largest absolute Gasteiger partial charge is 0.498 e. The SMILES string of the molecule is CC1(C)OB(c2cnn(CCS(C)(=O)=O)c2)OC1(C)C. The van der Waals surface area contributed by atoms with E-state index in [4.69, 9.17) is 9.31 Å². The average Bonchev–Trinajstić information content (AvgIpc) is 2.79. The highest BCUT2D eigenvalue weighted by atomic mass is 32.2. The quantitative estimate of drug-likeness (QED) is 0.744. The predicted molar refractivity (Wildman–Crippen MR) is 77.7 cm³/mol. The van der Waals surface area contributed by atoms with Crippen LogP contribution in [-0.2, 0) is 25.7 Å². The van der Waals surface area contributed by atoms with Crippen LogP contribution in [0.4, 0.5) is 0 Å². The van der Waals surface area contributed by atoms with Gasteiger partial charge in [-0.1, -0.05) is 0 Å². The molecule has 0 aliphatic carbocycles. The fourth-order valence-electron chi connectivity index (χ4n) is 1.86. The third-order valence-corrected chi connectivity index (χ3v) is 4.79. The molecule has 0 unspecified atom stereocenters. The lowest BCUT2D eigenvalue weighted by atomic mass is 9.82. The molecule has 6 nitrogen and oxygen atoms in total. The Morgan fingerprint density at radius 3 is 2.30 bits per heavy atom. The molecule has 0 amide bonds. The molecule has 0 atom stereocenters. The van der Waals surface area contributed by atoms with Gasteiger partial charge < -0.3 is 9.31 Å². The van der Waals surface area contributed by atoms with Gasteiger partial charge in [-0.05, 0) is 27.7 Å². The number of nitrogens with zero attached hydrogens (tertiary/aromatic N) is 2. The van der Waals surface area contributed by atoms with Crippen molar-refractivity contribution < 1.29 is 17.7 Å².